The molecular weight excluding hydrogens is 869 g/mol. The quantitative estimate of drug-likeness (QED) is 0.0538. The standard InChI is InChI=1S/C54H58N2O12/c1-10-52(59,60)43-29(25-26-33(47(57)58)41(43)31-17-15-21-37-45(31)56-48(2,3)35-20-12-14-24-40(35)67-51(37,8)9)30-27-28-36(53(61,62)63)42(44(30)54(64,65)66)32-18-16-22-38-46(32)68-50(6,7)34-19-11-13-23-39(34)55-49(38,4)5/h10-28,47,55-66H,1H2,2-9H3. The molecule has 0 unspecified atom stereocenters. The van der Waals surface area contributed by atoms with Crippen LogP contribution in [-0.4, -0.2) is 51.1 Å². The normalized spacial score (nSPS) is 16.9. The van der Waals surface area contributed by atoms with Gasteiger partial charge < -0.3 is 71.2 Å². The molecule has 2 aliphatic heterocycles. The van der Waals surface area contributed by atoms with Crippen molar-refractivity contribution in [2.24, 2.45) is 0 Å². The lowest BCUT2D eigenvalue weighted by Crippen LogP contribution is -2.37. The molecule has 0 spiro atoms. The van der Waals surface area contributed by atoms with Crippen molar-refractivity contribution in [2.45, 2.75) is 102 Å². The predicted octanol–water partition coefficient (Wildman–Crippen LogP) is 7.12. The maximum Gasteiger partial charge on any atom is 0.305 e. The van der Waals surface area contributed by atoms with Crippen LogP contribution in [-0.2, 0) is 40.0 Å². The van der Waals surface area contributed by atoms with Crippen LogP contribution in [0.15, 0.2) is 122 Å². The SMILES string of the molecule is C=CC(O)(O)c1c(-c2ccc(C(O)(O)O)c(-c3cccc4c3OC(C)(C)c3ccccc3NC4(C)C)c2C(O)(O)O)ccc(C(O)O)c1-c1cccc2c1NC(C)(C)c1ccccc1OC2(C)C. The average Bonchev–Trinajstić information content (AvgIpc) is 3.24. The van der Waals surface area contributed by atoms with Gasteiger partial charge in [0.05, 0.1) is 16.6 Å². The van der Waals surface area contributed by atoms with Crippen LogP contribution in [0, 0.1) is 0 Å². The number of benzene rings is 6. The molecule has 0 saturated carbocycles. The molecule has 0 aromatic heterocycles. The molecule has 0 bridgehead atoms. The molecule has 68 heavy (non-hydrogen) atoms. The van der Waals surface area contributed by atoms with Gasteiger partial charge in [-0.2, -0.15) is 0 Å². The van der Waals surface area contributed by atoms with E-state index in [1.54, 1.807) is 24.3 Å². The Morgan fingerprint density at radius 3 is 1.69 bits per heavy atom. The lowest BCUT2D eigenvalue weighted by molar-refractivity contribution is -0.326. The number of hydrogen-bond donors (Lipinski definition) is 12. The summed E-state index contributed by atoms with van der Waals surface area (Å²) >= 11 is 0. The molecule has 0 fully saturated rings. The smallest absolute Gasteiger partial charge is 0.305 e. The largest absolute Gasteiger partial charge is 0.483 e. The number of nitrogens with one attached hydrogen (secondary N) is 2. The Balaban J connectivity index is 1.50. The van der Waals surface area contributed by atoms with Crippen molar-refractivity contribution >= 4 is 11.4 Å². The summed E-state index contributed by atoms with van der Waals surface area (Å²) in [6, 6.07) is 29.7. The first kappa shape index (κ1) is 48.3. The number of anilines is 2. The fourth-order valence-electron chi connectivity index (χ4n) is 9.91. The fourth-order valence-corrected chi connectivity index (χ4v) is 9.91. The Morgan fingerprint density at radius 2 is 1.06 bits per heavy atom. The number of hydrogen-bond acceptors (Lipinski definition) is 14. The van der Waals surface area contributed by atoms with E-state index in [9.17, 15) is 51.1 Å². The van der Waals surface area contributed by atoms with Gasteiger partial charge in [-0.05, 0) is 90.8 Å². The fraction of sp³-hybridized carbons (Fsp3) is 0.296. The van der Waals surface area contributed by atoms with Gasteiger partial charge in [0.2, 0.25) is 5.79 Å². The monoisotopic (exact) mass is 926 g/mol. The van der Waals surface area contributed by atoms with Gasteiger partial charge in [0.1, 0.15) is 22.7 Å². The van der Waals surface area contributed by atoms with Gasteiger partial charge in [0.25, 0.3) is 0 Å². The number of rotatable bonds is 8. The Morgan fingerprint density at radius 1 is 0.515 bits per heavy atom. The third kappa shape index (κ3) is 8.22. The van der Waals surface area contributed by atoms with E-state index in [1.807, 2.05) is 110 Å². The molecule has 8 rings (SSSR count). The molecule has 0 amide bonds. The zero-order chi connectivity index (χ0) is 49.7. The molecule has 12 N–H and O–H groups in total. The Bertz CT molecular complexity index is 2970. The summed E-state index contributed by atoms with van der Waals surface area (Å²) in [5, 5.41) is 122. The van der Waals surface area contributed by atoms with Crippen molar-refractivity contribution in [3.05, 3.63) is 166 Å². The topological polar surface area (TPSA) is 245 Å². The third-order valence-corrected chi connectivity index (χ3v) is 13.0. The Hall–Kier alpha value is -6.14. The maximum absolute atomic E-state index is 12.2. The first-order chi connectivity index (χ1) is 31.5. The summed E-state index contributed by atoms with van der Waals surface area (Å²) in [5.74, 6) is -9.96. The van der Waals surface area contributed by atoms with Gasteiger partial charge in [-0.1, -0.05) is 97.6 Å². The summed E-state index contributed by atoms with van der Waals surface area (Å²) < 4.78 is 13.6. The van der Waals surface area contributed by atoms with Crippen LogP contribution in [0.3, 0.4) is 0 Å². The second-order valence-corrected chi connectivity index (χ2v) is 19.6. The van der Waals surface area contributed by atoms with Crippen molar-refractivity contribution in [2.75, 3.05) is 10.6 Å². The first-order valence-corrected chi connectivity index (χ1v) is 22.1. The van der Waals surface area contributed by atoms with E-state index < -0.39 is 68.6 Å². The van der Waals surface area contributed by atoms with E-state index in [-0.39, 0.29) is 39.1 Å². The van der Waals surface area contributed by atoms with Crippen molar-refractivity contribution < 1.29 is 60.5 Å². The minimum Gasteiger partial charge on any atom is -0.483 e. The lowest BCUT2D eigenvalue weighted by atomic mass is 9.78. The molecule has 14 nitrogen and oxygen atoms in total. The number of ether oxygens (including phenoxy) is 2. The van der Waals surface area contributed by atoms with Crippen molar-refractivity contribution in [3.8, 4) is 44.9 Å². The van der Waals surface area contributed by atoms with Crippen LogP contribution in [0.25, 0.3) is 33.4 Å². The first-order valence-electron chi connectivity index (χ1n) is 22.1. The molecule has 2 aliphatic rings. The molecule has 0 saturated heterocycles. The van der Waals surface area contributed by atoms with Gasteiger partial charge in [0, 0.05) is 72.6 Å². The molecule has 6 aromatic carbocycles. The minimum absolute atomic E-state index is 0.0507. The number of fused-ring (bicyclic) bond motifs is 4. The zero-order valence-corrected chi connectivity index (χ0v) is 39.0. The van der Waals surface area contributed by atoms with Crippen LogP contribution in [0.2, 0.25) is 0 Å². The summed E-state index contributed by atoms with van der Waals surface area (Å²) in [7, 11) is 0. The van der Waals surface area contributed by atoms with E-state index in [0.29, 0.717) is 22.6 Å². The van der Waals surface area contributed by atoms with Gasteiger partial charge in [-0.25, -0.2) is 0 Å². The van der Waals surface area contributed by atoms with E-state index in [1.165, 1.54) is 18.2 Å². The maximum atomic E-state index is 12.2. The second-order valence-electron chi connectivity index (χ2n) is 19.6. The molecular formula is C54H58N2O12. The highest BCUT2D eigenvalue weighted by Gasteiger charge is 2.44. The van der Waals surface area contributed by atoms with Crippen molar-refractivity contribution in [1.29, 1.82) is 0 Å². The van der Waals surface area contributed by atoms with Gasteiger partial charge in [-0.15, -0.1) is 0 Å². The summed E-state index contributed by atoms with van der Waals surface area (Å²) in [5.41, 5.74) is -3.56. The van der Waals surface area contributed by atoms with E-state index in [2.05, 4.69) is 17.2 Å². The molecule has 356 valence electrons. The van der Waals surface area contributed by atoms with Crippen molar-refractivity contribution in [3.63, 3.8) is 0 Å². The highest BCUT2D eigenvalue weighted by atomic mass is 16.7. The summed E-state index contributed by atoms with van der Waals surface area (Å²) in [4.78, 5) is 0. The minimum atomic E-state index is -3.90. The Labute approximate surface area is 394 Å². The Kier molecular flexibility index (Phi) is 11.5. The van der Waals surface area contributed by atoms with Gasteiger partial charge in [-0.3, -0.25) is 0 Å². The van der Waals surface area contributed by atoms with Crippen LogP contribution in [0.4, 0.5) is 11.4 Å². The number of para-hydroxylation sites is 4. The van der Waals surface area contributed by atoms with E-state index in [0.717, 1.165) is 35.0 Å². The molecule has 14 heteroatoms. The highest BCUT2D eigenvalue weighted by Crippen LogP contribution is 2.54. The highest BCUT2D eigenvalue weighted by molar-refractivity contribution is 5.93. The van der Waals surface area contributed by atoms with E-state index >= 15 is 0 Å². The molecule has 0 atom stereocenters. The van der Waals surface area contributed by atoms with Crippen LogP contribution >= 0.6 is 0 Å². The number of aliphatic hydroxyl groups is 10. The van der Waals surface area contributed by atoms with Crippen molar-refractivity contribution in [1.82, 2.24) is 0 Å². The molecule has 0 radical (unpaired) electrons. The molecule has 2 heterocycles. The predicted molar refractivity (Wildman–Crippen MR) is 256 cm³/mol. The summed E-state index contributed by atoms with van der Waals surface area (Å²) in [6.07, 6.45) is -1.45. The van der Waals surface area contributed by atoms with Crippen LogP contribution < -0.4 is 20.1 Å². The average molecular weight is 927 g/mol. The third-order valence-electron chi connectivity index (χ3n) is 13.0. The van der Waals surface area contributed by atoms with E-state index in [4.69, 9.17) is 9.47 Å². The number of aliphatic hydroxyl groups excluding tert-OH is 1. The van der Waals surface area contributed by atoms with Crippen LogP contribution in [0.5, 0.6) is 11.5 Å². The zero-order valence-electron chi connectivity index (χ0n) is 39.0. The van der Waals surface area contributed by atoms with Gasteiger partial charge >= 0.3 is 11.9 Å². The molecule has 0 aliphatic carbocycles. The summed E-state index contributed by atoms with van der Waals surface area (Å²) in [6.45, 7) is 18.6. The van der Waals surface area contributed by atoms with Crippen LogP contribution in [0.1, 0.15) is 106 Å². The second kappa shape index (κ2) is 16.2. The lowest BCUT2D eigenvalue weighted by Gasteiger charge is -2.41. The van der Waals surface area contributed by atoms with Gasteiger partial charge in [0.15, 0.2) is 6.29 Å². The molecule has 6 aromatic rings.